The lowest BCUT2D eigenvalue weighted by molar-refractivity contribution is -0.137. The molecule has 3 rings (SSSR count). The van der Waals surface area contributed by atoms with Crippen molar-refractivity contribution in [2.45, 2.75) is 13.1 Å². The number of aryl methyl sites for hydroxylation is 1. The van der Waals surface area contributed by atoms with Crippen LogP contribution in [-0.4, -0.2) is 4.98 Å². The summed E-state index contributed by atoms with van der Waals surface area (Å²) in [7, 11) is 0. The Labute approximate surface area is 127 Å². The molecule has 2 aromatic carbocycles. The Kier molecular flexibility index (Phi) is 3.32. The molecule has 1 aromatic heterocycles. The number of nitrogens with one attached hydrogen (secondary N) is 1. The standard InChI is InChI=1S/C16H11BrF3N/c1-9-4-10(7-13(17)5-9)15-8-11-6-12(16(18,19)20)2-3-14(11)21-15/h2-8,21H,1H3. The van der Waals surface area contributed by atoms with E-state index in [2.05, 4.69) is 20.9 Å². The molecule has 0 spiro atoms. The van der Waals surface area contributed by atoms with E-state index in [9.17, 15) is 13.2 Å². The SMILES string of the molecule is Cc1cc(Br)cc(-c2cc3cc(C(F)(F)F)ccc3[nH]2)c1. The number of fused-ring (bicyclic) bond motifs is 1. The maximum atomic E-state index is 12.7. The van der Waals surface area contributed by atoms with Crippen LogP contribution in [0.2, 0.25) is 0 Å². The first kappa shape index (κ1) is 14.2. The van der Waals surface area contributed by atoms with Gasteiger partial charge in [-0.3, -0.25) is 0 Å². The first-order valence-corrected chi connectivity index (χ1v) is 7.10. The van der Waals surface area contributed by atoms with Crippen molar-refractivity contribution < 1.29 is 13.2 Å². The summed E-state index contributed by atoms with van der Waals surface area (Å²) in [5, 5.41) is 0.553. The Morgan fingerprint density at radius 3 is 2.43 bits per heavy atom. The van der Waals surface area contributed by atoms with Gasteiger partial charge < -0.3 is 4.98 Å². The van der Waals surface area contributed by atoms with E-state index in [4.69, 9.17) is 0 Å². The first-order valence-electron chi connectivity index (χ1n) is 6.30. The van der Waals surface area contributed by atoms with Crippen LogP contribution in [0.5, 0.6) is 0 Å². The second kappa shape index (κ2) is 4.91. The number of benzene rings is 2. The molecule has 0 unspecified atom stereocenters. The summed E-state index contributed by atoms with van der Waals surface area (Å²) in [6.07, 6.45) is -4.32. The highest BCUT2D eigenvalue weighted by Gasteiger charge is 2.30. The average molecular weight is 354 g/mol. The zero-order chi connectivity index (χ0) is 15.2. The van der Waals surface area contributed by atoms with Crippen molar-refractivity contribution in [1.82, 2.24) is 4.98 Å². The Morgan fingerprint density at radius 2 is 1.76 bits per heavy atom. The summed E-state index contributed by atoms with van der Waals surface area (Å²) in [4.78, 5) is 3.16. The number of rotatable bonds is 1. The van der Waals surface area contributed by atoms with Crippen molar-refractivity contribution in [2.75, 3.05) is 0 Å². The lowest BCUT2D eigenvalue weighted by Crippen LogP contribution is -2.03. The van der Waals surface area contributed by atoms with Crippen LogP contribution in [0.4, 0.5) is 13.2 Å². The highest BCUT2D eigenvalue weighted by atomic mass is 79.9. The molecule has 0 amide bonds. The molecule has 0 saturated carbocycles. The molecule has 1 N–H and O–H groups in total. The van der Waals surface area contributed by atoms with E-state index in [0.717, 1.165) is 27.4 Å². The molecule has 0 radical (unpaired) electrons. The summed E-state index contributed by atoms with van der Waals surface area (Å²) < 4.78 is 39.1. The van der Waals surface area contributed by atoms with E-state index in [0.29, 0.717) is 10.9 Å². The maximum Gasteiger partial charge on any atom is 0.416 e. The molecule has 0 atom stereocenters. The normalized spacial score (nSPS) is 12.0. The highest BCUT2D eigenvalue weighted by molar-refractivity contribution is 9.10. The Balaban J connectivity index is 2.13. The van der Waals surface area contributed by atoms with Gasteiger partial charge in [0.1, 0.15) is 0 Å². The third-order valence-corrected chi connectivity index (χ3v) is 3.76. The number of aromatic amines is 1. The molecule has 0 fully saturated rings. The van der Waals surface area contributed by atoms with E-state index >= 15 is 0 Å². The van der Waals surface area contributed by atoms with Crippen LogP contribution in [0.3, 0.4) is 0 Å². The zero-order valence-electron chi connectivity index (χ0n) is 11.1. The van der Waals surface area contributed by atoms with Gasteiger partial charge in [0.15, 0.2) is 0 Å². The summed E-state index contributed by atoms with van der Waals surface area (Å²) >= 11 is 3.43. The number of aromatic nitrogens is 1. The molecule has 1 nitrogen and oxygen atoms in total. The van der Waals surface area contributed by atoms with E-state index in [1.807, 2.05) is 25.1 Å². The monoisotopic (exact) mass is 353 g/mol. The summed E-state index contributed by atoms with van der Waals surface area (Å²) in [6, 6.07) is 11.4. The van der Waals surface area contributed by atoms with Crippen LogP contribution in [0.1, 0.15) is 11.1 Å². The molecule has 0 saturated heterocycles. The third-order valence-electron chi connectivity index (χ3n) is 3.30. The minimum absolute atomic E-state index is 0.553. The molecule has 108 valence electrons. The number of hydrogen-bond acceptors (Lipinski definition) is 0. The predicted octanol–water partition coefficient (Wildman–Crippen LogP) is 5.92. The summed E-state index contributed by atoms with van der Waals surface area (Å²) in [5.74, 6) is 0. The summed E-state index contributed by atoms with van der Waals surface area (Å²) in [5.41, 5.74) is 2.87. The number of alkyl halides is 3. The molecule has 21 heavy (non-hydrogen) atoms. The summed E-state index contributed by atoms with van der Waals surface area (Å²) in [6.45, 7) is 1.97. The van der Waals surface area contributed by atoms with Crippen LogP contribution in [-0.2, 0) is 6.18 Å². The van der Waals surface area contributed by atoms with Gasteiger partial charge in [0.2, 0.25) is 0 Å². The minimum atomic E-state index is -4.32. The van der Waals surface area contributed by atoms with E-state index in [1.54, 1.807) is 6.07 Å². The second-order valence-corrected chi connectivity index (χ2v) is 5.92. The van der Waals surface area contributed by atoms with Gasteiger partial charge in [0, 0.05) is 21.1 Å². The molecule has 0 bridgehead atoms. The van der Waals surface area contributed by atoms with Gasteiger partial charge in [0.25, 0.3) is 0 Å². The Hall–Kier alpha value is -1.75. The minimum Gasteiger partial charge on any atom is -0.355 e. The first-order chi connectivity index (χ1) is 9.83. The third kappa shape index (κ3) is 2.83. The molecular formula is C16H11BrF3N. The van der Waals surface area contributed by atoms with Crippen molar-refractivity contribution in [3.05, 3.63) is 58.1 Å². The van der Waals surface area contributed by atoms with Gasteiger partial charge in [-0.1, -0.05) is 15.9 Å². The fourth-order valence-corrected chi connectivity index (χ4v) is 2.96. The lowest BCUT2D eigenvalue weighted by atomic mass is 10.1. The Morgan fingerprint density at radius 1 is 1.00 bits per heavy atom. The quantitative estimate of drug-likeness (QED) is 0.558. The van der Waals surface area contributed by atoms with Gasteiger partial charge in [-0.15, -0.1) is 0 Å². The lowest BCUT2D eigenvalue weighted by Gasteiger charge is -2.05. The van der Waals surface area contributed by atoms with Crippen LogP contribution < -0.4 is 0 Å². The zero-order valence-corrected chi connectivity index (χ0v) is 12.6. The van der Waals surface area contributed by atoms with Crippen LogP contribution in [0.15, 0.2) is 46.9 Å². The fourth-order valence-electron chi connectivity index (χ4n) is 2.36. The molecule has 3 aromatic rings. The van der Waals surface area contributed by atoms with Crippen LogP contribution >= 0.6 is 15.9 Å². The smallest absolute Gasteiger partial charge is 0.355 e. The molecule has 5 heteroatoms. The molecule has 0 aliphatic rings. The number of H-pyrrole nitrogens is 1. The molecular weight excluding hydrogens is 343 g/mol. The van der Waals surface area contributed by atoms with E-state index in [1.165, 1.54) is 12.1 Å². The van der Waals surface area contributed by atoms with Crippen molar-refractivity contribution in [1.29, 1.82) is 0 Å². The van der Waals surface area contributed by atoms with Crippen LogP contribution in [0.25, 0.3) is 22.2 Å². The molecule has 1 heterocycles. The van der Waals surface area contributed by atoms with Crippen molar-refractivity contribution in [3.8, 4) is 11.3 Å². The average Bonchev–Trinajstić information content (AvgIpc) is 2.79. The van der Waals surface area contributed by atoms with Crippen LogP contribution in [0, 0.1) is 6.92 Å². The maximum absolute atomic E-state index is 12.7. The van der Waals surface area contributed by atoms with Gasteiger partial charge in [0.05, 0.1) is 5.56 Å². The van der Waals surface area contributed by atoms with Crippen molar-refractivity contribution in [3.63, 3.8) is 0 Å². The Bertz CT molecular complexity index is 798. The number of hydrogen-bond donors (Lipinski definition) is 1. The second-order valence-electron chi connectivity index (χ2n) is 5.00. The largest absolute Gasteiger partial charge is 0.416 e. The van der Waals surface area contributed by atoms with E-state index < -0.39 is 11.7 Å². The van der Waals surface area contributed by atoms with Gasteiger partial charge in [-0.05, 0) is 60.5 Å². The van der Waals surface area contributed by atoms with Crippen molar-refractivity contribution in [2.24, 2.45) is 0 Å². The van der Waals surface area contributed by atoms with Gasteiger partial charge >= 0.3 is 6.18 Å². The van der Waals surface area contributed by atoms with Gasteiger partial charge in [-0.2, -0.15) is 13.2 Å². The molecule has 0 aliphatic heterocycles. The molecule has 0 aliphatic carbocycles. The van der Waals surface area contributed by atoms with Crippen molar-refractivity contribution >= 4 is 26.8 Å². The highest BCUT2D eigenvalue weighted by Crippen LogP contribution is 2.33. The predicted molar refractivity (Wildman–Crippen MR) is 81.2 cm³/mol. The topological polar surface area (TPSA) is 15.8 Å². The number of halogens is 4. The van der Waals surface area contributed by atoms with Gasteiger partial charge in [-0.25, -0.2) is 0 Å². The van der Waals surface area contributed by atoms with E-state index in [-0.39, 0.29) is 0 Å². The fraction of sp³-hybridized carbons (Fsp3) is 0.125.